The first-order valence-electron chi connectivity index (χ1n) is 4.12. The molecular weight excluding hydrogens is 190 g/mol. The minimum absolute atomic E-state index is 0. The number of thiophene rings is 1. The van der Waals surface area contributed by atoms with Crippen molar-refractivity contribution in [3.8, 4) is 0 Å². The molecule has 0 saturated carbocycles. The van der Waals surface area contributed by atoms with Crippen LogP contribution in [0, 0.1) is 6.92 Å². The number of aryl methyl sites for hydroxylation is 1. The third kappa shape index (κ3) is 1.82. The molecular formula is C9H14ClNS. The van der Waals surface area contributed by atoms with Crippen LogP contribution in [0.25, 0.3) is 0 Å². The fraction of sp³-hybridized carbons (Fsp3) is 0.556. The summed E-state index contributed by atoms with van der Waals surface area (Å²) < 4.78 is 0. The number of hydrogen-bond acceptors (Lipinski definition) is 2. The van der Waals surface area contributed by atoms with Crippen molar-refractivity contribution in [3.63, 3.8) is 0 Å². The molecule has 1 N–H and O–H groups in total. The first kappa shape index (κ1) is 10.0. The van der Waals surface area contributed by atoms with Crippen molar-refractivity contribution in [2.45, 2.75) is 19.3 Å². The molecule has 68 valence electrons. The molecule has 0 bridgehead atoms. The Morgan fingerprint density at radius 2 is 2.42 bits per heavy atom. The molecule has 0 aliphatic carbocycles. The zero-order chi connectivity index (χ0) is 7.68. The van der Waals surface area contributed by atoms with E-state index < -0.39 is 0 Å². The topological polar surface area (TPSA) is 12.0 Å². The second-order valence-corrected chi connectivity index (χ2v) is 4.24. The molecule has 1 nitrogen and oxygen atoms in total. The van der Waals surface area contributed by atoms with E-state index in [0.717, 1.165) is 5.92 Å². The molecule has 1 aromatic heterocycles. The van der Waals surface area contributed by atoms with Crippen molar-refractivity contribution in [3.05, 3.63) is 21.9 Å². The Kier molecular flexibility index (Phi) is 3.56. The molecule has 3 heteroatoms. The van der Waals surface area contributed by atoms with Crippen LogP contribution in [0.3, 0.4) is 0 Å². The SMILES string of the molecule is Cc1sccc1C1CCNC1.Cl. The van der Waals surface area contributed by atoms with Gasteiger partial charge in [-0.1, -0.05) is 0 Å². The maximum Gasteiger partial charge on any atom is 0.00495 e. The Morgan fingerprint density at radius 1 is 1.58 bits per heavy atom. The van der Waals surface area contributed by atoms with Crippen molar-refractivity contribution in [2.75, 3.05) is 13.1 Å². The van der Waals surface area contributed by atoms with Crippen LogP contribution in [0.2, 0.25) is 0 Å². The van der Waals surface area contributed by atoms with Crippen molar-refractivity contribution < 1.29 is 0 Å². The van der Waals surface area contributed by atoms with Crippen LogP contribution < -0.4 is 5.32 Å². The third-order valence-electron chi connectivity index (χ3n) is 2.40. The van der Waals surface area contributed by atoms with Crippen LogP contribution >= 0.6 is 23.7 Å². The Morgan fingerprint density at radius 3 is 2.92 bits per heavy atom. The molecule has 2 rings (SSSR count). The zero-order valence-electron chi connectivity index (χ0n) is 7.17. The third-order valence-corrected chi connectivity index (χ3v) is 3.26. The molecule has 1 unspecified atom stereocenters. The second kappa shape index (κ2) is 4.26. The molecule has 0 amide bonds. The van der Waals surface area contributed by atoms with Crippen LogP contribution in [0.4, 0.5) is 0 Å². The van der Waals surface area contributed by atoms with Gasteiger partial charge in [-0.15, -0.1) is 23.7 Å². The quantitative estimate of drug-likeness (QED) is 0.740. The number of halogens is 1. The summed E-state index contributed by atoms with van der Waals surface area (Å²) in [7, 11) is 0. The maximum atomic E-state index is 3.39. The highest BCUT2D eigenvalue weighted by molar-refractivity contribution is 7.10. The fourth-order valence-corrected chi connectivity index (χ4v) is 2.53. The lowest BCUT2D eigenvalue weighted by molar-refractivity contribution is 0.762. The minimum Gasteiger partial charge on any atom is -0.316 e. The molecule has 1 aliphatic rings. The van der Waals surface area contributed by atoms with Crippen LogP contribution in [0.15, 0.2) is 11.4 Å². The highest BCUT2D eigenvalue weighted by Crippen LogP contribution is 2.28. The van der Waals surface area contributed by atoms with E-state index in [2.05, 4.69) is 23.7 Å². The van der Waals surface area contributed by atoms with Gasteiger partial charge in [0, 0.05) is 11.4 Å². The Labute approximate surface area is 83.6 Å². The first-order valence-corrected chi connectivity index (χ1v) is 5.00. The van der Waals surface area contributed by atoms with Gasteiger partial charge >= 0.3 is 0 Å². The van der Waals surface area contributed by atoms with E-state index in [1.54, 1.807) is 5.56 Å². The predicted octanol–water partition coefficient (Wildman–Crippen LogP) is 2.56. The van der Waals surface area contributed by atoms with Gasteiger partial charge in [0.15, 0.2) is 0 Å². The van der Waals surface area contributed by atoms with E-state index >= 15 is 0 Å². The Hall–Kier alpha value is -0.0500. The summed E-state index contributed by atoms with van der Waals surface area (Å²) in [6.07, 6.45) is 1.32. The van der Waals surface area contributed by atoms with Crippen LogP contribution in [-0.2, 0) is 0 Å². The molecule has 0 spiro atoms. The van der Waals surface area contributed by atoms with Gasteiger partial charge in [-0.2, -0.15) is 0 Å². The lowest BCUT2D eigenvalue weighted by atomic mass is 10.00. The monoisotopic (exact) mass is 203 g/mol. The summed E-state index contributed by atoms with van der Waals surface area (Å²) in [5.41, 5.74) is 1.57. The van der Waals surface area contributed by atoms with Crippen LogP contribution in [-0.4, -0.2) is 13.1 Å². The van der Waals surface area contributed by atoms with E-state index in [1.807, 2.05) is 11.3 Å². The van der Waals surface area contributed by atoms with Crippen molar-refractivity contribution >= 4 is 23.7 Å². The second-order valence-electron chi connectivity index (χ2n) is 3.12. The van der Waals surface area contributed by atoms with Gasteiger partial charge in [-0.25, -0.2) is 0 Å². The highest BCUT2D eigenvalue weighted by atomic mass is 35.5. The van der Waals surface area contributed by atoms with E-state index in [-0.39, 0.29) is 12.4 Å². The molecule has 1 fully saturated rings. The molecule has 1 aliphatic heterocycles. The largest absolute Gasteiger partial charge is 0.316 e. The van der Waals surface area contributed by atoms with Gasteiger partial charge in [0.05, 0.1) is 0 Å². The molecule has 1 aromatic rings. The summed E-state index contributed by atoms with van der Waals surface area (Å²) in [6, 6.07) is 2.28. The molecule has 0 aromatic carbocycles. The Bertz CT molecular complexity index is 240. The van der Waals surface area contributed by atoms with Crippen molar-refractivity contribution in [1.29, 1.82) is 0 Å². The standard InChI is InChI=1S/C9H13NS.ClH/c1-7-9(3-5-11-7)8-2-4-10-6-8;/h3,5,8,10H,2,4,6H2,1H3;1H. The van der Waals surface area contributed by atoms with Crippen molar-refractivity contribution in [2.24, 2.45) is 0 Å². The molecule has 1 saturated heterocycles. The lowest BCUT2D eigenvalue weighted by Gasteiger charge is -2.06. The van der Waals surface area contributed by atoms with E-state index in [1.165, 1.54) is 24.4 Å². The average molecular weight is 204 g/mol. The molecule has 0 radical (unpaired) electrons. The van der Waals surface area contributed by atoms with Crippen molar-refractivity contribution in [1.82, 2.24) is 5.32 Å². The highest BCUT2D eigenvalue weighted by Gasteiger charge is 2.18. The summed E-state index contributed by atoms with van der Waals surface area (Å²) in [6.45, 7) is 4.59. The van der Waals surface area contributed by atoms with Gasteiger partial charge < -0.3 is 5.32 Å². The van der Waals surface area contributed by atoms with Gasteiger partial charge in [0.2, 0.25) is 0 Å². The van der Waals surface area contributed by atoms with Crippen LogP contribution in [0.5, 0.6) is 0 Å². The summed E-state index contributed by atoms with van der Waals surface area (Å²) in [5, 5.41) is 5.59. The van der Waals surface area contributed by atoms with Gasteiger partial charge in [-0.3, -0.25) is 0 Å². The first-order chi connectivity index (χ1) is 5.38. The summed E-state index contributed by atoms with van der Waals surface area (Å²) in [5.74, 6) is 0.793. The lowest BCUT2D eigenvalue weighted by Crippen LogP contribution is -2.07. The number of rotatable bonds is 1. The van der Waals surface area contributed by atoms with Gasteiger partial charge in [0.25, 0.3) is 0 Å². The maximum absolute atomic E-state index is 3.39. The summed E-state index contributed by atoms with van der Waals surface area (Å²) >= 11 is 1.86. The van der Waals surface area contributed by atoms with Gasteiger partial charge in [-0.05, 0) is 42.8 Å². The van der Waals surface area contributed by atoms with E-state index in [4.69, 9.17) is 0 Å². The minimum atomic E-state index is 0. The number of hydrogen-bond donors (Lipinski definition) is 1. The number of nitrogens with one attached hydrogen (secondary N) is 1. The molecule has 1 atom stereocenters. The fourth-order valence-electron chi connectivity index (χ4n) is 1.74. The van der Waals surface area contributed by atoms with Gasteiger partial charge in [0.1, 0.15) is 0 Å². The Balaban J connectivity index is 0.000000720. The molecule has 12 heavy (non-hydrogen) atoms. The molecule has 2 heterocycles. The normalized spacial score (nSPS) is 22.2. The smallest absolute Gasteiger partial charge is 0.00495 e. The van der Waals surface area contributed by atoms with Crippen LogP contribution in [0.1, 0.15) is 22.8 Å². The van der Waals surface area contributed by atoms with E-state index in [0.29, 0.717) is 0 Å². The predicted molar refractivity (Wildman–Crippen MR) is 56.5 cm³/mol. The average Bonchev–Trinajstić information content (AvgIpc) is 2.55. The zero-order valence-corrected chi connectivity index (χ0v) is 8.80. The summed E-state index contributed by atoms with van der Waals surface area (Å²) in [4.78, 5) is 1.50. The van der Waals surface area contributed by atoms with E-state index in [9.17, 15) is 0 Å².